The van der Waals surface area contributed by atoms with Crippen LogP contribution in [-0.4, -0.2) is 32.9 Å². The summed E-state index contributed by atoms with van der Waals surface area (Å²) in [4.78, 5) is 17.1. The molecule has 23 heavy (non-hydrogen) atoms. The molecule has 5 nitrogen and oxygen atoms in total. The van der Waals surface area contributed by atoms with Gasteiger partial charge in [-0.25, -0.2) is 4.98 Å². The van der Waals surface area contributed by atoms with Crippen LogP contribution in [0.1, 0.15) is 29.1 Å². The summed E-state index contributed by atoms with van der Waals surface area (Å²) in [5.41, 5.74) is 10.2. The van der Waals surface area contributed by atoms with Crippen molar-refractivity contribution in [3.8, 4) is 0 Å². The number of nitrogens with two attached hydrogens (primary N) is 1. The van der Waals surface area contributed by atoms with Crippen LogP contribution in [-0.2, 0) is 12.8 Å². The van der Waals surface area contributed by atoms with Crippen LogP contribution in [0.5, 0.6) is 0 Å². The minimum atomic E-state index is 0.354. The molecule has 118 valence electrons. The predicted molar refractivity (Wildman–Crippen MR) is 93.5 cm³/mol. The number of fused-ring (bicyclic) bond motifs is 2. The van der Waals surface area contributed by atoms with E-state index in [1.54, 1.807) is 23.7 Å². The summed E-state index contributed by atoms with van der Waals surface area (Å²) in [5, 5.41) is 0.699. The average Bonchev–Trinajstić information content (AvgIpc) is 2.82. The Morgan fingerprint density at radius 1 is 1.13 bits per heavy atom. The molecule has 2 N–H and O–H groups in total. The number of aromatic nitrogens is 3. The number of hydrogen-bond donors (Lipinski definition) is 1. The molecule has 1 aliphatic rings. The summed E-state index contributed by atoms with van der Waals surface area (Å²) in [7, 11) is 0. The van der Waals surface area contributed by atoms with E-state index in [0.717, 1.165) is 37.0 Å². The van der Waals surface area contributed by atoms with Gasteiger partial charge in [0.2, 0.25) is 0 Å². The zero-order chi connectivity index (χ0) is 15.8. The summed E-state index contributed by atoms with van der Waals surface area (Å²) in [6.07, 6.45) is 5.48. The van der Waals surface area contributed by atoms with Crippen LogP contribution >= 0.6 is 11.3 Å². The van der Waals surface area contributed by atoms with E-state index in [-0.39, 0.29) is 0 Å². The lowest BCUT2D eigenvalue weighted by atomic mass is 10.1. The monoisotopic (exact) mass is 325 g/mol. The fraction of sp³-hybridized carbons (Fsp3) is 0.353. The zero-order valence-electron chi connectivity index (χ0n) is 13.1. The van der Waals surface area contributed by atoms with E-state index in [9.17, 15) is 0 Å². The second kappa shape index (κ2) is 5.86. The van der Waals surface area contributed by atoms with Crippen molar-refractivity contribution in [2.75, 3.05) is 18.8 Å². The van der Waals surface area contributed by atoms with Gasteiger partial charge in [0.15, 0.2) is 5.13 Å². The molecule has 6 heteroatoms. The largest absolute Gasteiger partial charge is 0.375 e. The summed E-state index contributed by atoms with van der Waals surface area (Å²) in [5.74, 6) is 0. The number of rotatable bonds is 2. The second-order valence-corrected chi connectivity index (χ2v) is 7.05. The third kappa shape index (κ3) is 2.80. The van der Waals surface area contributed by atoms with Gasteiger partial charge in [-0.3, -0.25) is 14.9 Å². The van der Waals surface area contributed by atoms with E-state index < -0.39 is 0 Å². The first-order chi connectivity index (χ1) is 11.2. The summed E-state index contributed by atoms with van der Waals surface area (Å²) in [6.45, 7) is 4.31. The quantitative estimate of drug-likeness (QED) is 0.785. The Hall–Kier alpha value is -2.05. The highest BCUT2D eigenvalue weighted by Crippen LogP contribution is 2.28. The predicted octanol–water partition coefficient (Wildman–Crippen LogP) is 2.83. The molecule has 0 aliphatic carbocycles. The highest BCUT2D eigenvalue weighted by molar-refractivity contribution is 7.15. The Balaban J connectivity index is 1.56. The van der Waals surface area contributed by atoms with Crippen LogP contribution in [0.4, 0.5) is 5.13 Å². The highest BCUT2D eigenvalue weighted by Gasteiger charge is 2.22. The molecule has 0 saturated carbocycles. The number of benzene rings is 1. The van der Waals surface area contributed by atoms with E-state index in [0.29, 0.717) is 11.2 Å². The van der Waals surface area contributed by atoms with Crippen molar-refractivity contribution < 1.29 is 0 Å². The summed E-state index contributed by atoms with van der Waals surface area (Å²) >= 11 is 1.64. The number of hydrogen-bond acceptors (Lipinski definition) is 6. The fourth-order valence-electron chi connectivity index (χ4n) is 3.24. The lowest BCUT2D eigenvalue weighted by Gasteiger charge is -2.28. The SMILES string of the molecule is CC(c1ccc2nccnc2c1)N1CCc2nc(N)sc2CC1. The smallest absolute Gasteiger partial charge is 0.180 e. The first-order valence-electron chi connectivity index (χ1n) is 7.89. The van der Waals surface area contributed by atoms with Gasteiger partial charge in [-0.1, -0.05) is 6.07 Å². The number of nitrogen functional groups attached to an aromatic ring is 1. The van der Waals surface area contributed by atoms with E-state index >= 15 is 0 Å². The van der Waals surface area contributed by atoms with Gasteiger partial charge in [0.1, 0.15) is 0 Å². The summed E-state index contributed by atoms with van der Waals surface area (Å²) < 4.78 is 0. The van der Waals surface area contributed by atoms with Gasteiger partial charge in [-0.15, -0.1) is 11.3 Å². The Kier molecular flexibility index (Phi) is 3.71. The highest BCUT2D eigenvalue weighted by atomic mass is 32.1. The fourth-order valence-corrected chi connectivity index (χ4v) is 4.11. The van der Waals surface area contributed by atoms with E-state index in [1.165, 1.54) is 16.1 Å². The minimum absolute atomic E-state index is 0.354. The van der Waals surface area contributed by atoms with E-state index in [2.05, 4.69) is 45.0 Å². The van der Waals surface area contributed by atoms with Crippen molar-refractivity contribution in [2.45, 2.75) is 25.8 Å². The van der Waals surface area contributed by atoms with Crippen molar-refractivity contribution in [1.29, 1.82) is 0 Å². The third-order valence-electron chi connectivity index (χ3n) is 4.58. The van der Waals surface area contributed by atoms with Crippen molar-refractivity contribution in [2.24, 2.45) is 0 Å². The molecular weight excluding hydrogens is 306 g/mol. The topological polar surface area (TPSA) is 67.9 Å². The number of nitrogens with zero attached hydrogens (tertiary/aromatic N) is 4. The Morgan fingerprint density at radius 2 is 1.91 bits per heavy atom. The molecule has 1 atom stereocenters. The molecule has 1 aromatic carbocycles. The maximum atomic E-state index is 5.83. The van der Waals surface area contributed by atoms with Crippen LogP contribution in [0.3, 0.4) is 0 Å². The average molecular weight is 325 g/mol. The van der Waals surface area contributed by atoms with Crippen LogP contribution in [0.25, 0.3) is 11.0 Å². The number of anilines is 1. The normalized spacial score (nSPS) is 16.9. The molecule has 0 spiro atoms. The van der Waals surface area contributed by atoms with E-state index in [1.807, 2.05) is 0 Å². The Labute approximate surface area is 139 Å². The molecular formula is C17H19N5S. The molecule has 3 aromatic rings. The molecule has 1 aliphatic heterocycles. The molecule has 0 bridgehead atoms. The lowest BCUT2D eigenvalue weighted by molar-refractivity contribution is 0.221. The third-order valence-corrected chi connectivity index (χ3v) is 5.57. The minimum Gasteiger partial charge on any atom is -0.375 e. The standard InChI is InChI=1S/C17H19N5S/c1-11(12-2-3-13-15(10-12)20-7-6-19-13)22-8-4-14-16(5-9-22)23-17(18)21-14/h2-3,6-7,10-11H,4-5,8-9H2,1H3,(H2,18,21). The molecule has 0 saturated heterocycles. The molecule has 0 radical (unpaired) electrons. The van der Waals surface area contributed by atoms with Crippen molar-refractivity contribution in [3.05, 3.63) is 46.7 Å². The molecule has 3 heterocycles. The molecule has 4 rings (SSSR count). The van der Waals surface area contributed by atoms with Crippen molar-refractivity contribution in [1.82, 2.24) is 19.9 Å². The van der Waals surface area contributed by atoms with Crippen LogP contribution < -0.4 is 5.73 Å². The summed E-state index contributed by atoms with van der Waals surface area (Å²) in [6, 6.07) is 6.74. The molecule has 0 amide bonds. The van der Waals surface area contributed by atoms with Gasteiger partial charge in [0, 0.05) is 42.8 Å². The Morgan fingerprint density at radius 3 is 2.78 bits per heavy atom. The van der Waals surface area contributed by atoms with Crippen molar-refractivity contribution >= 4 is 27.5 Å². The van der Waals surface area contributed by atoms with Gasteiger partial charge < -0.3 is 5.73 Å². The van der Waals surface area contributed by atoms with Gasteiger partial charge >= 0.3 is 0 Å². The molecule has 2 aromatic heterocycles. The van der Waals surface area contributed by atoms with Crippen LogP contribution in [0.2, 0.25) is 0 Å². The van der Waals surface area contributed by atoms with Gasteiger partial charge in [0.25, 0.3) is 0 Å². The first kappa shape index (κ1) is 14.5. The van der Waals surface area contributed by atoms with Gasteiger partial charge in [-0.05, 0) is 31.0 Å². The maximum absolute atomic E-state index is 5.83. The van der Waals surface area contributed by atoms with E-state index in [4.69, 9.17) is 5.73 Å². The first-order valence-corrected chi connectivity index (χ1v) is 8.71. The van der Waals surface area contributed by atoms with Crippen LogP contribution in [0.15, 0.2) is 30.6 Å². The molecule has 1 unspecified atom stereocenters. The van der Waals surface area contributed by atoms with Gasteiger partial charge in [0.05, 0.1) is 16.7 Å². The lowest BCUT2D eigenvalue weighted by Crippen LogP contribution is -2.29. The Bertz CT molecular complexity index is 818. The van der Waals surface area contributed by atoms with Gasteiger partial charge in [-0.2, -0.15) is 0 Å². The maximum Gasteiger partial charge on any atom is 0.180 e. The molecule has 0 fully saturated rings. The number of thiazole rings is 1. The van der Waals surface area contributed by atoms with Crippen molar-refractivity contribution in [3.63, 3.8) is 0 Å². The van der Waals surface area contributed by atoms with Crippen LogP contribution in [0, 0.1) is 0 Å². The second-order valence-electron chi connectivity index (χ2n) is 5.94. The zero-order valence-corrected chi connectivity index (χ0v) is 13.9.